The highest BCUT2D eigenvalue weighted by Crippen LogP contribution is 2.12. The molecule has 0 aliphatic carbocycles. The number of aromatic nitrogens is 2. The molecule has 6 heteroatoms. The molecule has 1 atom stereocenters. The summed E-state index contributed by atoms with van der Waals surface area (Å²) in [7, 11) is 0. The van der Waals surface area contributed by atoms with Gasteiger partial charge in [-0.15, -0.1) is 12.4 Å². The Bertz CT molecular complexity index is 613. The SMILES string of the molecule is Cl.O=C(NCCC1CCNC1)c1ccc2nccnc2c1. The molecule has 3 rings (SSSR count). The van der Waals surface area contributed by atoms with Gasteiger partial charge in [0.2, 0.25) is 0 Å². The fourth-order valence-corrected chi connectivity index (χ4v) is 2.56. The number of benzene rings is 1. The smallest absolute Gasteiger partial charge is 0.251 e. The van der Waals surface area contributed by atoms with E-state index in [4.69, 9.17) is 0 Å². The zero-order valence-corrected chi connectivity index (χ0v) is 12.5. The third kappa shape index (κ3) is 3.89. The van der Waals surface area contributed by atoms with Crippen molar-refractivity contribution in [2.75, 3.05) is 19.6 Å². The predicted molar refractivity (Wildman–Crippen MR) is 84.7 cm³/mol. The van der Waals surface area contributed by atoms with Gasteiger partial charge in [0.25, 0.3) is 5.91 Å². The highest BCUT2D eigenvalue weighted by Gasteiger charge is 2.14. The molecule has 21 heavy (non-hydrogen) atoms. The van der Waals surface area contributed by atoms with Gasteiger partial charge >= 0.3 is 0 Å². The molecule has 0 bridgehead atoms. The minimum atomic E-state index is -0.0384. The van der Waals surface area contributed by atoms with Gasteiger partial charge in [0, 0.05) is 24.5 Å². The van der Waals surface area contributed by atoms with Gasteiger partial charge in [0.05, 0.1) is 11.0 Å². The average molecular weight is 307 g/mol. The zero-order valence-electron chi connectivity index (χ0n) is 11.7. The molecule has 1 amide bonds. The lowest BCUT2D eigenvalue weighted by Gasteiger charge is -2.09. The van der Waals surface area contributed by atoms with Crippen molar-refractivity contribution in [2.24, 2.45) is 5.92 Å². The van der Waals surface area contributed by atoms with Gasteiger partial charge in [0.15, 0.2) is 0 Å². The molecule has 1 unspecified atom stereocenters. The van der Waals surface area contributed by atoms with E-state index in [2.05, 4.69) is 20.6 Å². The van der Waals surface area contributed by atoms with Gasteiger partial charge in [-0.2, -0.15) is 0 Å². The molecular formula is C15H19ClN4O. The van der Waals surface area contributed by atoms with Crippen LogP contribution in [0.15, 0.2) is 30.6 Å². The van der Waals surface area contributed by atoms with Crippen molar-refractivity contribution in [2.45, 2.75) is 12.8 Å². The first kappa shape index (κ1) is 15.7. The summed E-state index contributed by atoms with van der Waals surface area (Å²) in [5.74, 6) is 0.654. The number of halogens is 1. The monoisotopic (exact) mass is 306 g/mol. The van der Waals surface area contributed by atoms with Crippen LogP contribution < -0.4 is 10.6 Å². The summed E-state index contributed by atoms with van der Waals surface area (Å²) >= 11 is 0. The maximum atomic E-state index is 12.1. The zero-order chi connectivity index (χ0) is 13.8. The third-order valence-electron chi connectivity index (χ3n) is 3.73. The van der Waals surface area contributed by atoms with E-state index in [1.54, 1.807) is 24.5 Å². The summed E-state index contributed by atoms with van der Waals surface area (Å²) in [5, 5.41) is 6.31. The van der Waals surface area contributed by atoms with Crippen LogP contribution in [0.4, 0.5) is 0 Å². The van der Waals surface area contributed by atoms with Gasteiger partial charge in [-0.3, -0.25) is 14.8 Å². The van der Waals surface area contributed by atoms with E-state index in [0.29, 0.717) is 11.5 Å². The van der Waals surface area contributed by atoms with Crippen molar-refractivity contribution in [3.8, 4) is 0 Å². The normalized spacial score (nSPS) is 17.4. The Morgan fingerprint density at radius 3 is 2.86 bits per heavy atom. The van der Waals surface area contributed by atoms with Crippen molar-refractivity contribution in [1.82, 2.24) is 20.6 Å². The number of nitrogens with one attached hydrogen (secondary N) is 2. The Hall–Kier alpha value is -1.72. The fraction of sp³-hybridized carbons (Fsp3) is 0.400. The lowest BCUT2D eigenvalue weighted by molar-refractivity contribution is 0.0952. The van der Waals surface area contributed by atoms with Gasteiger partial charge in [0.1, 0.15) is 0 Å². The summed E-state index contributed by atoms with van der Waals surface area (Å²) in [6, 6.07) is 5.41. The molecule has 1 aromatic carbocycles. The number of carbonyl (C=O) groups excluding carboxylic acids is 1. The van der Waals surface area contributed by atoms with E-state index in [1.165, 1.54) is 6.42 Å². The minimum Gasteiger partial charge on any atom is -0.352 e. The molecule has 5 nitrogen and oxygen atoms in total. The van der Waals surface area contributed by atoms with Gasteiger partial charge in [-0.1, -0.05) is 0 Å². The fourth-order valence-electron chi connectivity index (χ4n) is 2.56. The predicted octanol–water partition coefficient (Wildman–Crippen LogP) is 1.78. The third-order valence-corrected chi connectivity index (χ3v) is 3.73. The van der Waals surface area contributed by atoms with E-state index in [-0.39, 0.29) is 18.3 Å². The lowest BCUT2D eigenvalue weighted by atomic mass is 10.1. The number of carbonyl (C=O) groups is 1. The van der Waals surface area contributed by atoms with Crippen LogP contribution in [0, 0.1) is 5.92 Å². The highest BCUT2D eigenvalue weighted by molar-refractivity contribution is 5.97. The highest BCUT2D eigenvalue weighted by atomic mass is 35.5. The van der Waals surface area contributed by atoms with Crippen LogP contribution in [0.2, 0.25) is 0 Å². The Morgan fingerprint density at radius 1 is 1.29 bits per heavy atom. The number of fused-ring (bicyclic) bond motifs is 1. The summed E-state index contributed by atoms with van der Waals surface area (Å²) in [5.41, 5.74) is 2.20. The van der Waals surface area contributed by atoms with Gasteiger partial charge < -0.3 is 10.6 Å². The number of hydrogen-bond acceptors (Lipinski definition) is 4. The van der Waals surface area contributed by atoms with E-state index in [9.17, 15) is 4.79 Å². The molecule has 112 valence electrons. The molecule has 2 heterocycles. The first-order chi connectivity index (χ1) is 9.83. The second-order valence-electron chi connectivity index (χ2n) is 5.16. The molecule has 1 aliphatic rings. The van der Waals surface area contributed by atoms with Crippen molar-refractivity contribution in [1.29, 1.82) is 0 Å². The molecular weight excluding hydrogens is 288 g/mol. The number of nitrogens with zero attached hydrogens (tertiary/aromatic N) is 2. The Kier molecular flexibility index (Phi) is 5.47. The molecule has 1 aromatic heterocycles. The molecule has 1 fully saturated rings. The number of amides is 1. The molecule has 2 N–H and O–H groups in total. The molecule has 0 radical (unpaired) electrons. The van der Waals surface area contributed by atoms with E-state index >= 15 is 0 Å². The maximum Gasteiger partial charge on any atom is 0.251 e. The Balaban J connectivity index is 0.00000161. The summed E-state index contributed by atoms with van der Waals surface area (Å²) in [6.07, 6.45) is 5.53. The topological polar surface area (TPSA) is 66.9 Å². The first-order valence-electron chi connectivity index (χ1n) is 7.02. The standard InChI is InChI=1S/C15H18N4O.ClH/c20-15(19-6-4-11-3-5-16-10-11)12-1-2-13-14(9-12)18-8-7-17-13;/h1-2,7-9,11,16H,3-6,10H2,(H,19,20);1H. The van der Waals surface area contributed by atoms with Crippen LogP contribution >= 0.6 is 12.4 Å². The van der Waals surface area contributed by atoms with Crippen molar-refractivity contribution >= 4 is 29.3 Å². The molecule has 0 saturated carbocycles. The van der Waals surface area contributed by atoms with Gasteiger partial charge in [-0.25, -0.2) is 0 Å². The Morgan fingerprint density at radius 2 is 2.10 bits per heavy atom. The van der Waals surface area contributed by atoms with Crippen LogP contribution in [0.5, 0.6) is 0 Å². The largest absolute Gasteiger partial charge is 0.352 e. The van der Waals surface area contributed by atoms with Gasteiger partial charge in [-0.05, 0) is 50.0 Å². The van der Waals surface area contributed by atoms with Crippen LogP contribution in [0.1, 0.15) is 23.2 Å². The van der Waals surface area contributed by atoms with Crippen LogP contribution in [0.25, 0.3) is 11.0 Å². The Labute approximate surface area is 130 Å². The molecule has 1 saturated heterocycles. The molecule has 1 aliphatic heterocycles. The lowest BCUT2D eigenvalue weighted by Crippen LogP contribution is -2.26. The van der Waals surface area contributed by atoms with Crippen LogP contribution in [-0.2, 0) is 0 Å². The van der Waals surface area contributed by atoms with Crippen molar-refractivity contribution in [3.63, 3.8) is 0 Å². The van der Waals surface area contributed by atoms with E-state index < -0.39 is 0 Å². The summed E-state index contributed by atoms with van der Waals surface area (Å²) < 4.78 is 0. The van der Waals surface area contributed by atoms with Crippen molar-refractivity contribution in [3.05, 3.63) is 36.2 Å². The summed E-state index contributed by atoms with van der Waals surface area (Å²) in [4.78, 5) is 20.5. The molecule has 0 spiro atoms. The second kappa shape index (κ2) is 7.33. The average Bonchev–Trinajstić information content (AvgIpc) is 3.00. The quantitative estimate of drug-likeness (QED) is 0.903. The first-order valence-corrected chi connectivity index (χ1v) is 7.02. The van der Waals surface area contributed by atoms with E-state index in [1.807, 2.05) is 6.07 Å². The number of hydrogen-bond donors (Lipinski definition) is 2. The maximum absolute atomic E-state index is 12.1. The number of rotatable bonds is 4. The van der Waals surface area contributed by atoms with Crippen LogP contribution in [-0.4, -0.2) is 35.5 Å². The molecule has 2 aromatic rings. The second-order valence-corrected chi connectivity index (χ2v) is 5.16. The van der Waals surface area contributed by atoms with Crippen molar-refractivity contribution < 1.29 is 4.79 Å². The van der Waals surface area contributed by atoms with E-state index in [0.717, 1.165) is 37.1 Å². The van der Waals surface area contributed by atoms with Crippen LogP contribution in [0.3, 0.4) is 0 Å². The minimum absolute atomic E-state index is 0. The summed E-state index contributed by atoms with van der Waals surface area (Å²) in [6.45, 7) is 2.90.